The third-order valence-electron chi connectivity index (χ3n) is 3.32. The Morgan fingerprint density at radius 2 is 2.00 bits per heavy atom. The monoisotopic (exact) mass is 434 g/mol. The molecule has 0 fully saturated rings. The van der Waals surface area contributed by atoms with Crippen molar-refractivity contribution < 1.29 is 18.3 Å². The molecule has 1 heterocycles. The number of nitrogens with zero attached hydrogens (tertiary/aromatic N) is 1. The van der Waals surface area contributed by atoms with Gasteiger partial charge in [-0.1, -0.05) is 20.8 Å². The lowest BCUT2D eigenvalue weighted by atomic mass is 9.98. The first-order valence-electron chi connectivity index (χ1n) is 7.67. The Bertz CT molecular complexity index is 717. The van der Waals surface area contributed by atoms with Crippen LogP contribution in [0.25, 0.3) is 0 Å². The number of alkyl halides is 2. The highest BCUT2D eigenvalue weighted by Gasteiger charge is 2.18. The van der Waals surface area contributed by atoms with Gasteiger partial charge in [-0.05, 0) is 33.6 Å². The van der Waals surface area contributed by atoms with E-state index in [0.717, 1.165) is 16.3 Å². The molecule has 1 aromatic heterocycles. The lowest BCUT2D eigenvalue weighted by Crippen LogP contribution is -2.15. The number of nitrogens with one attached hydrogen (secondary N) is 1. The van der Waals surface area contributed by atoms with Crippen LogP contribution in [-0.4, -0.2) is 18.7 Å². The maximum absolute atomic E-state index is 12.5. The van der Waals surface area contributed by atoms with Crippen LogP contribution in [0.3, 0.4) is 0 Å². The largest absolute Gasteiger partial charge is 0.493 e. The van der Waals surface area contributed by atoms with Crippen LogP contribution in [0.15, 0.2) is 22.0 Å². The van der Waals surface area contributed by atoms with Gasteiger partial charge in [-0.2, -0.15) is 8.78 Å². The molecule has 1 aromatic carbocycles. The molecule has 0 aliphatic heterocycles. The molecule has 4 nitrogen and oxygen atoms in total. The Morgan fingerprint density at radius 1 is 1.28 bits per heavy atom. The second-order valence-electron chi connectivity index (χ2n) is 6.49. The summed E-state index contributed by atoms with van der Waals surface area (Å²) in [4.78, 5) is 4.63. The maximum Gasteiger partial charge on any atom is 0.387 e. The number of hydrogen-bond donors (Lipinski definition) is 1. The van der Waals surface area contributed by atoms with Crippen LogP contribution in [0.1, 0.15) is 37.0 Å². The first-order valence-corrected chi connectivity index (χ1v) is 9.34. The van der Waals surface area contributed by atoms with E-state index in [1.807, 2.05) is 5.38 Å². The topological polar surface area (TPSA) is 43.4 Å². The normalized spacial score (nSPS) is 11.8. The number of hydrogen-bond acceptors (Lipinski definition) is 5. The van der Waals surface area contributed by atoms with E-state index >= 15 is 0 Å². The van der Waals surface area contributed by atoms with Gasteiger partial charge in [0.05, 0.1) is 22.3 Å². The zero-order valence-corrected chi connectivity index (χ0v) is 16.9. The number of rotatable bonds is 7. The minimum atomic E-state index is -2.91. The lowest BCUT2D eigenvalue weighted by Gasteiger charge is -2.14. The summed E-state index contributed by atoms with van der Waals surface area (Å²) in [5.74, 6) is 0.255. The van der Waals surface area contributed by atoms with E-state index in [0.29, 0.717) is 17.6 Å². The number of methoxy groups -OCH3 is 1. The number of aromatic nitrogens is 1. The Morgan fingerprint density at radius 3 is 2.56 bits per heavy atom. The summed E-state index contributed by atoms with van der Waals surface area (Å²) in [6, 6.07) is 3.41. The summed E-state index contributed by atoms with van der Waals surface area (Å²) in [5.41, 5.74) is 1.91. The van der Waals surface area contributed by atoms with Gasteiger partial charge in [0.25, 0.3) is 0 Å². The van der Waals surface area contributed by atoms with Crippen LogP contribution in [0.2, 0.25) is 0 Å². The minimum absolute atomic E-state index is 0.00410. The standard InChI is InChI=1S/C17H21BrF2N2O2S/c1-17(2,3)15-22-11(9-25-15)8-21-7-10-5-12(18)14(24-16(19)20)13(6-10)23-4/h5-6,9,16,21H,7-8H2,1-4H3. The Hall–Kier alpha value is -1.25. The zero-order valence-electron chi connectivity index (χ0n) is 14.5. The van der Waals surface area contributed by atoms with Crippen molar-refractivity contribution in [3.63, 3.8) is 0 Å². The van der Waals surface area contributed by atoms with Gasteiger partial charge in [0.15, 0.2) is 11.5 Å². The third-order valence-corrected chi connectivity index (χ3v) is 5.23. The Kier molecular flexibility index (Phi) is 6.76. The third kappa shape index (κ3) is 5.62. The van der Waals surface area contributed by atoms with E-state index in [1.54, 1.807) is 23.5 Å². The molecule has 0 amide bonds. The molecular weight excluding hydrogens is 414 g/mol. The zero-order chi connectivity index (χ0) is 18.6. The fourth-order valence-corrected chi connectivity index (χ4v) is 3.64. The Labute approximate surface area is 158 Å². The molecule has 0 unspecified atom stereocenters. The maximum atomic E-state index is 12.5. The Balaban J connectivity index is 2.01. The van der Waals surface area contributed by atoms with Crippen molar-refractivity contribution in [2.45, 2.75) is 45.9 Å². The molecule has 0 saturated carbocycles. The van der Waals surface area contributed by atoms with Crippen LogP contribution in [-0.2, 0) is 18.5 Å². The summed E-state index contributed by atoms with van der Waals surface area (Å²) in [6.07, 6.45) is 0. The molecule has 0 aliphatic rings. The van der Waals surface area contributed by atoms with E-state index in [1.165, 1.54) is 7.11 Å². The van der Waals surface area contributed by atoms with E-state index < -0.39 is 6.61 Å². The van der Waals surface area contributed by atoms with Crippen LogP contribution < -0.4 is 14.8 Å². The summed E-state index contributed by atoms with van der Waals surface area (Å²) < 4.78 is 35.0. The summed E-state index contributed by atoms with van der Waals surface area (Å²) >= 11 is 4.91. The number of halogens is 3. The average Bonchev–Trinajstić information content (AvgIpc) is 2.98. The van der Waals surface area contributed by atoms with Crippen molar-refractivity contribution in [1.29, 1.82) is 0 Å². The molecule has 2 aromatic rings. The summed E-state index contributed by atoms with van der Waals surface area (Å²) in [6.45, 7) is 4.67. The predicted molar refractivity (Wildman–Crippen MR) is 98.7 cm³/mol. The molecule has 0 atom stereocenters. The minimum Gasteiger partial charge on any atom is -0.493 e. The first kappa shape index (κ1) is 20.1. The van der Waals surface area contributed by atoms with E-state index in [2.05, 4.69) is 51.7 Å². The van der Waals surface area contributed by atoms with Gasteiger partial charge in [-0.15, -0.1) is 11.3 Å². The van der Waals surface area contributed by atoms with Crippen molar-refractivity contribution in [2.75, 3.05) is 7.11 Å². The molecule has 0 saturated heterocycles. The van der Waals surface area contributed by atoms with Crippen LogP contribution >= 0.6 is 27.3 Å². The number of thiazole rings is 1. The van der Waals surface area contributed by atoms with Gasteiger partial charge in [0.1, 0.15) is 0 Å². The van der Waals surface area contributed by atoms with E-state index in [-0.39, 0.29) is 16.9 Å². The molecule has 138 valence electrons. The van der Waals surface area contributed by atoms with Crippen molar-refractivity contribution in [3.05, 3.63) is 38.3 Å². The van der Waals surface area contributed by atoms with Gasteiger partial charge in [-0.3, -0.25) is 0 Å². The van der Waals surface area contributed by atoms with Gasteiger partial charge in [0, 0.05) is 23.9 Å². The van der Waals surface area contributed by atoms with Crippen LogP contribution in [0.4, 0.5) is 8.78 Å². The van der Waals surface area contributed by atoms with Crippen LogP contribution in [0.5, 0.6) is 11.5 Å². The molecule has 1 N–H and O–H groups in total. The molecule has 25 heavy (non-hydrogen) atoms. The molecular formula is C17H21BrF2N2O2S. The molecule has 0 radical (unpaired) electrons. The second-order valence-corrected chi connectivity index (χ2v) is 8.20. The van der Waals surface area contributed by atoms with Crippen molar-refractivity contribution >= 4 is 27.3 Å². The lowest BCUT2D eigenvalue weighted by molar-refractivity contribution is -0.0517. The highest BCUT2D eigenvalue weighted by molar-refractivity contribution is 9.10. The summed E-state index contributed by atoms with van der Waals surface area (Å²) in [7, 11) is 1.42. The average molecular weight is 435 g/mol. The van der Waals surface area contributed by atoms with Crippen molar-refractivity contribution in [3.8, 4) is 11.5 Å². The number of ether oxygens (including phenoxy) is 2. The van der Waals surface area contributed by atoms with Gasteiger partial charge in [-0.25, -0.2) is 4.98 Å². The molecule has 2 rings (SSSR count). The molecule has 8 heteroatoms. The van der Waals surface area contributed by atoms with Crippen molar-refractivity contribution in [1.82, 2.24) is 10.3 Å². The number of benzene rings is 1. The molecule has 0 bridgehead atoms. The quantitative estimate of drug-likeness (QED) is 0.657. The smallest absolute Gasteiger partial charge is 0.387 e. The highest BCUT2D eigenvalue weighted by atomic mass is 79.9. The molecule has 0 aliphatic carbocycles. The van der Waals surface area contributed by atoms with Gasteiger partial charge in [0.2, 0.25) is 0 Å². The van der Waals surface area contributed by atoms with E-state index in [9.17, 15) is 8.78 Å². The molecule has 0 spiro atoms. The SMILES string of the molecule is COc1cc(CNCc2csc(C(C)(C)C)n2)cc(Br)c1OC(F)F. The van der Waals surface area contributed by atoms with Crippen molar-refractivity contribution in [2.24, 2.45) is 0 Å². The predicted octanol–water partition coefficient (Wildman–Crippen LogP) is 5.10. The fourth-order valence-electron chi connectivity index (χ4n) is 2.15. The van der Waals surface area contributed by atoms with Gasteiger partial charge < -0.3 is 14.8 Å². The van der Waals surface area contributed by atoms with Gasteiger partial charge >= 0.3 is 6.61 Å². The first-order chi connectivity index (χ1) is 11.7. The second kappa shape index (κ2) is 8.42. The van der Waals surface area contributed by atoms with E-state index in [4.69, 9.17) is 4.74 Å². The van der Waals surface area contributed by atoms with Crippen LogP contribution in [0, 0.1) is 0 Å². The highest BCUT2D eigenvalue weighted by Crippen LogP contribution is 2.37. The fraction of sp³-hybridized carbons (Fsp3) is 0.471. The summed E-state index contributed by atoms with van der Waals surface area (Å²) in [5, 5.41) is 6.44.